The number of hydrogen-bond acceptors (Lipinski definition) is 3. The first kappa shape index (κ1) is 11.6. The number of hydrogen-bond donors (Lipinski definition) is 0. The average Bonchev–Trinajstić information content (AvgIpc) is 2.72. The Labute approximate surface area is 97.8 Å². The van der Waals surface area contributed by atoms with Crippen LogP contribution in [-0.2, 0) is 0 Å². The molecular formula is C13H22N2O. The highest BCUT2D eigenvalue weighted by Gasteiger charge is 2.36. The second-order valence-corrected chi connectivity index (χ2v) is 5.76. The Morgan fingerprint density at radius 3 is 2.50 bits per heavy atom. The van der Waals surface area contributed by atoms with Gasteiger partial charge in [0.25, 0.3) is 0 Å². The summed E-state index contributed by atoms with van der Waals surface area (Å²) in [4.78, 5) is 2.57. The van der Waals surface area contributed by atoms with Gasteiger partial charge in [0.05, 0.1) is 5.69 Å². The summed E-state index contributed by atoms with van der Waals surface area (Å²) in [5.74, 6) is 0.985. The highest BCUT2D eigenvalue weighted by Crippen LogP contribution is 2.39. The minimum Gasteiger partial charge on any atom is -0.361 e. The minimum absolute atomic E-state index is 0.220. The van der Waals surface area contributed by atoms with Gasteiger partial charge in [0.2, 0.25) is 0 Å². The molecule has 0 amide bonds. The van der Waals surface area contributed by atoms with Gasteiger partial charge in [0, 0.05) is 17.1 Å². The van der Waals surface area contributed by atoms with Crippen molar-refractivity contribution in [1.29, 1.82) is 0 Å². The van der Waals surface area contributed by atoms with Crippen LogP contribution in [0.3, 0.4) is 0 Å². The van der Waals surface area contributed by atoms with Crippen molar-refractivity contribution in [2.24, 2.45) is 0 Å². The molecule has 0 spiro atoms. The second kappa shape index (κ2) is 3.88. The molecule has 0 bridgehead atoms. The van der Waals surface area contributed by atoms with E-state index in [0.717, 1.165) is 11.5 Å². The van der Waals surface area contributed by atoms with Crippen LogP contribution < -0.4 is 0 Å². The monoisotopic (exact) mass is 222 g/mol. The molecule has 1 atom stereocenters. The first-order valence-electron chi connectivity index (χ1n) is 6.11. The summed E-state index contributed by atoms with van der Waals surface area (Å²) in [6, 6.07) is 0.492. The molecule has 3 heteroatoms. The Balaban J connectivity index is 2.34. The van der Waals surface area contributed by atoms with Gasteiger partial charge in [-0.1, -0.05) is 5.16 Å². The summed E-state index contributed by atoms with van der Waals surface area (Å²) in [5, 5.41) is 4.08. The van der Waals surface area contributed by atoms with Crippen LogP contribution in [0.1, 0.15) is 56.7 Å². The zero-order valence-electron chi connectivity index (χ0n) is 11.0. The molecule has 1 aromatic heterocycles. The van der Waals surface area contributed by atoms with Gasteiger partial charge < -0.3 is 4.52 Å². The molecule has 16 heavy (non-hydrogen) atoms. The first-order valence-corrected chi connectivity index (χ1v) is 6.11. The molecule has 1 saturated heterocycles. The molecule has 3 nitrogen and oxygen atoms in total. The Hall–Kier alpha value is -0.830. The Morgan fingerprint density at radius 2 is 2.00 bits per heavy atom. The first-order chi connectivity index (χ1) is 7.41. The van der Waals surface area contributed by atoms with E-state index in [0.29, 0.717) is 6.04 Å². The molecule has 90 valence electrons. The van der Waals surface area contributed by atoms with Crippen molar-refractivity contribution < 1.29 is 4.52 Å². The van der Waals surface area contributed by atoms with Gasteiger partial charge in [0.15, 0.2) is 0 Å². The van der Waals surface area contributed by atoms with Crippen LogP contribution in [0.4, 0.5) is 0 Å². The van der Waals surface area contributed by atoms with Gasteiger partial charge in [-0.05, 0) is 54.0 Å². The molecule has 1 aromatic rings. The lowest BCUT2D eigenvalue weighted by Gasteiger charge is -2.37. The van der Waals surface area contributed by atoms with Crippen molar-refractivity contribution in [2.45, 2.75) is 59.0 Å². The molecule has 1 fully saturated rings. The van der Waals surface area contributed by atoms with Gasteiger partial charge in [-0.3, -0.25) is 4.90 Å². The molecule has 1 aliphatic heterocycles. The Kier molecular flexibility index (Phi) is 2.82. The smallest absolute Gasteiger partial charge is 0.138 e. The maximum absolute atomic E-state index is 5.29. The molecule has 2 rings (SSSR count). The average molecular weight is 222 g/mol. The zero-order valence-corrected chi connectivity index (χ0v) is 11.0. The van der Waals surface area contributed by atoms with E-state index in [1.165, 1.54) is 24.9 Å². The molecule has 0 aromatic carbocycles. The van der Waals surface area contributed by atoms with E-state index in [9.17, 15) is 0 Å². The van der Waals surface area contributed by atoms with Gasteiger partial charge in [-0.25, -0.2) is 0 Å². The maximum Gasteiger partial charge on any atom is 0.138 e. The van der Waals surface area contributed by atoms with E-state index in [1.54, 1.807) is 0 Å². The SMILES string of the molecule is Cc1noc(C)c1C1CCCN1C(C)(C)C. The fourth-order valence-corrected chi connectivity index (χ4v) is 2.84. The van der Waals surface area contributed by atoms with Crippen molar-refractivity contribution in [1.82, 2.24) is 10.1 Å². The molecule has 2 heterocycles. The lowest BCUT2D eigenvalue weighted by Crippen LogP contribution is -2.40. The van der Waals surface area contributed by atoms with Crippen molar-refractivity contribution in [2.75, 3.05) is 6.54 Å². The highest BCUT2D eigenvalue weighted by molar-refractivity contribution is 5.26. The van der Waals surface area contributed by atoms with Crippen LogP contribution in [0, 0.1) is 13.8 Å². The highest BCUT2D eigenvalue weighted by atomic mass is 16.5. The van der Waals surface area contributed by atoms with Gasteiger partial charge in [-0.2, -0.15) is 0 Å². The normalized spacial score (nSPS) is 22.9. The van der Waals surface area contributed by atoms with Gasteiger partial charge >= 0.3 is 0 Å². The summed E-state index contributed by atoms with van der Waals surface area (Å²) in [6.07, 6.45) is 2.49. The molecule has 1 aliphatic rings. The third-order valence-corrected chi connectivity index (χ3v) is 3.54. The minimum atomic E-state index is 0.220. The van der Waals surface area contributed by atoms with Crippen LogP contribution >= 0.6 is 0 Å². The second-order valence-electron chi connectivity index (χ2n) is 5.76. The van der Waals surface area contributed by atoms with Crippen LogP contribution in [0.5, 0.6) is 0 Å². The number of aromatic nitrogens is 1. The largest absolute Gasteiger partial charge is 0.361 e. The standard InChI is InChI=1S/C13H22N2O/c1-9-12(10(2)16-14-9)11-7-6-8-15(11)13(3,4)5/h11H,6-8H2,1-5H3. The number of rotatable bonds is 1. The molecule has 1 unspecified atom stereocenters. The van der Waals surface area contributed by atoms with Crippen molar-refractivity contribution in [3.8, 4) is 0 Å². The molecule has 0 aliphatic carbocycles. The maximum atomic E-state index is 5.29. The van der Waals surface area contributed by atoms with Crippen molar-refractivity contribution >= 4 is 0 Å². The molecule has 0 N–H and O–H groups in total. The van der Waals surface area contributed by atoms with E-state index in [4.69, 9.17) is 4.52 Å². The van der Waals surface area contributed by atoms with E-state index >= 15 is 0 Å². The van der Waals surface area contributed by atoms with Crippen LogP contribution in [0.25, 0.3) is 0 Å². The summed E-state index contributed by atoms with van der Waals surface area (Å²) < 4.78 is 5.29. The van der Waals surface area contributed by atoms with Crippen molar-refractivity contribution in [3.63, 3.8) is 0 Å². The predicted molar refractivity (Wildman–Crippen MR) is 64.4 cm³/mol. The summed E-state index contributed by atoms with van der Waals surface area (Å²) >= 11 is 0. The summed E-state index contributed by atoms with van der Waals surface area (Å²) in [6.45, 7) is 12.1. The Morgan fingerprint density at radius 1 is 1.31 bits per heavy atom. The lowest BCUT2D eigenvalue weighted by atomic mass is 9.98. The number of nitrogens with zero attached hydrogens (tertiary/aromatic N) is 2. The lowest BCUT2D eigenvalue weighted by molar-refractivity contribution is 0.120. The van der Waals surface area contributed by atoms with E-state index in [1.807, 2.05) is 13.8 Å². The summed E-state index contributed by atoms with van der Waals surface area (Å²) in [7, 11) is 0. The number of aryl methyl sites for hydroxylation is 2. The topological polar surface area (TPSA) is 29.3 Å². The Bertz CT molecular complexity index is 356. The zero-order chi connectivity index (χ0) is 11.9. The quantitative estimate of drug-likeness (QED) is 0.730. The third-order valence-electron chi connectivity index (χ3n) is 3.54. The van der Waals surface area contributed by atoms with E-state index in [2.05, 4.69) is 30.8 Å². The summed E-state index contributed by atoms with van der Waals surface area (Å²) in [5.41, 5.74) is 2.59. The van der Waals surface area contributed by atoms with Crippen LogP contribution in [0.15, 0.2) is 4.52 Å². The van der Waals surface area contributed by atoms with E-state index in [-0.39, 0.29) is 5.54 Å². The fourth-order valence-electron chi connectivity index (χ4n) is 2.84. The van der Waals surface area contributed by atoms with Crippen LogP contribution in [-0.4, -0.2) is 22.1 Å². The van der Waals surface area contributed by atoms with Gasteiger partial charge in [-0.15, -0.1) is 0 Å². The molecule has 0 saturated carbocycles. The molecule has 0 radical (unpaired) electrons. The third kappa shape index (κ3) is 1.88. The van der Waals surface area contributed by atoms with Crippen LogP contribution in [0.2, 0.25) is 0 Å². The predicted octanol–water partition coefficient (Wildman–Crippen LogP) is 3.23. The fraction of sp³-hybridized carbons (Fsp3) is 0.769. The number of likely N-dealkylation sites (tertiary alicyclic amines) is 1. The van der Waals surface area contributed by atoms with E-state index < -0.39 is 0 Å². The van der Waals surface area contributed by atoms with Crippen molar-refractivity contribution in [3.05, 3.63) is 17.0 Å². The molecular weight excluding hydrogens is 200 g/mol. The van der Waals surface area contributed by atoms with Gasteiger partial charge in [0.1, 0.15) is 5.76 Å².